The average Bonchev–Trinajstić information content (AvgIpc) is 2.32. The summed E-state index contributed by atoms with van der Waals surface area (Å²) in [7, 11) is 0. The number of hydrogen-bond acceptors (Lipinski definition) is 3. The van der Waals surface area contributed by atoms with E-state index in [1.807, 2.05) is 0 Å². The number of aromatic nitrogens is 1. The van der Waals surface area contributed by atoms with Crippen LogP contribution in [0.5, 0.6) is 11.6 Å². The maximum Gasteiger partial charge on any atom is 0.292 e. The smallest absolute Gasteiger partial charge is 0.292 e. The third-order valence-electron chi connectivity index (χ3n) is 2.62. The fourth-order valence-electron chi connectivity index (χ4n) is 1.60. The minimum Gasteiger partial charge on any atom is -0.503 e. The van der Waals surface area contributed by atoms with Crippen LogP contribution in [-0.2, 0) is 0 Å². The Kier molecular flexibility index (Phi) is 6.22. The molecule has 0 aliphatic rings. The zero-order chi connectivity index (χ0) is 12.5. The molecule has 17 heavy (non-hydrogen) atoms. The van der Waals surface area contributed by atoms with Crippen LogP contribution in [0.1, 0.15) is 45.4 Å². The third kappa shape index (κ3) is 5.43. The molecule has 2 N–H and O–H groups in total. The van der Waals surface area contributed by atoms with Crippen molar-refractivity contribution < 1.29 is 9.84 Å². The van der Waals surface area contributed by atoms with Crippen molar-refractivity contribution in [3.05, 3.63) is 22.5 Å². The van der Waals surface area contributed by atoms with Crippen LogP contribution >= 0.6 is 0 Å². The summed E-state index contributed by atoms with van der Waals surface area (Å²) >= 11 is 0. The molecule has 1 rings (SSSR count). The van der Waals surface area contributed by atoms with E-state index in [9.17, 15) is 4.79 Å². The molecule has 0 amide bonds. The molecule has 1 aromatic heterocycles. The molecular formula is C13H21NO3. The first-order valence-electron chi connectivity index (χ1n) is 6.29. The van der Waals surface area contributed by atoms with Gasteiger partial charge in [0.1, 0.15) is 0 Å². The average molecular weight is 239 g/mol. The Morgan fingerprint density at radius 1 is 1.18 bits per heavy atom. The Morgan fingerprint density at radius 3 is 2.59 bits per heavy atom. The summed E-state index contributed by atoms with van der Waals surface area (Å²) in [5.41, 5.74) is -0.509. The summed E-state index contributed by atoms with van der Waals surface area (Å²) < 4.78 is 5.38. The number of pyridine rings is 1. The Balaban J connectivity index is 2.14. The fraction of sp³-hybridized carbons (Fsp3) is 0.615. The van der Waals surface area contributed by atoms with Gasteiger partial charge in [0.25, 0.3) is 5.56 Å². The van der Waals surface area contributed by atoms with Gasteiger partial charge in [-0.25, -0.2) is 0 Å². The van der Waals surface area contributed by atoms with Gasteiger partial charge in [-0.3, -0.25) is 9.78 Å². The van der Waals surface area contributed by atoms with E-state index in [-0.39, 0.29) is 5.75 Å². The molecule has 1 aromatic rings. The van der Waals surface area contributed by atoms with Gasteiger partial charge in [0, 0.05) is 6.07 Å². The topological polar surface area (TPSA) is 62.3 Å². The van der Waals surface area contributed by atoms with Crippen molar-refractivity contribution in [2.75, 3.05) is 6.61 Å². The van der Waals surface area contributed by atoms with Gasteiger partial charge in [0.2, 0.25) is 0 Å². The molecule has 4 nitrogen and oxygen atoms in total. The van der Waals surface area contributed by atoms with Crippen molar-refractivity contribution in [2.24, 2.45) is 0 Å². The summed E-state index contributed by atoms with van der Waals surface area (Å²) in [6.07, 6.45) is 7.22. The molecule has 0 radical (unpaired) electrons. The summed E-state index contributed by atoms with van der Waals surface area (Å²) in [5.74, 6) is 0.137. The molecule has 96 valence electrons. The zero-order valence-corrected chi connectivity index (χ0v) is 10.4. The quantitative estimate of drug-likeness (QED) is 0.686. The summed E-state index contributed by atoms with van der Waals surface area (Å²) in [6, 6.07) is 2.91. The lowest BCUT2D eigenvalue weighted by molar-refractivity contribution is 0.291. The van der Waals surface area contributed by atoms with E-state index in [2.05, 4.69) is 11.9 Å². The molecule has 0 saturated heterocycles. The maximum absolute atomic E-state index is 11.1. The lowest BCUT2D eigenvalue weighted by atomic mass is 10.1. The molecule has 0 aromatic carbocycles. The molecule has 4 heteroatoms. The van der Waals surface area contributed by atoms with Crippen LogP contribution in [0, 0.1) is 0 Å². The summed E-state index contributed by atoms with van der Waals surface area (Å²) in [4.78, 5) is 13.5. The number of H-pyrrole nitrogens is 1. The number of nitrogens with one attached hydrogen (secondary N) is 1. The summed E-state index contributed by atoms with van der Waals surface area (Å²) in [5, 5.41) is 9.04. The highest BCUT2D eigenvalue weighted by atomic mass is 16.5. The number of hydrogen-bond donors (Lipinski definition) is 2. The van der Waals surface area contributed by atoms with Gasteiger partial charge in [0.15, 0.2) is 11.6 Å². The van der Waals surface area contributed by atoms with E-state index in [1.54, 1.807) is 6.07 Å². The van der Waals surface area contributed by atoms with Crippen LogP contribution < -0.4 is 10.3 Å². The second-order valence-corrected chi connectivity index (χ2v) is 4.15. The van der Waals surface area contributed by atoms with Gasteiger partial charge in [0.05, 0.1) is 6.61 Å². The Labute approximate surface area is 102 Å². The SMILES string of the molecule is CCCCCCCCOc1ccc(O)c(=O)[nH]1. The van der Waals surface area contributed by atoms with E-state index in [0.29, 0.717) is 12.5 Å². The predicted molar refractivity (Wildman–Crippen MR) is 67.6 cm³/mol. The molecule has 0 saturated carbocycles. The number of ether oxygens (including phenoxy) is 1. The van der Waals surface area contributed by atoms with Gasteiger partial charge < -0.3 is 9.84 Å². The lowest BCUT2D eigenvalue weighted by Crippen LogP contribution is -2.08. The van der Waals surface area contributed by atoms with Crippen LogP contribution in [-0.4, -0.2) is 16.7 Å². The first-order valence-corrected chi connectivity index (χ1v) is 6.29. The van der Waals surface area contributed by atoms with E-state index in [4.69, 9.17) is 9.84 Å². The van der Waals surface area contributed by atoms with Crippen molar-refractivity contribution in [3.63, 3.8) is 0 Å². The Bertz CT molecular complexity index is 373. The van der Waals surface area contributed by atoms with Crippen molar-refractivity contribution in [1.82, 2.24) is 4.98 Å². The van der Waals surface area contributed by atoms with Crippen LogP contribution in [0.15, 0.2) is 16.9 Å². The molecule has 0 fully saturated rings. The van der Waals surface area contributed by atoms with Gasteiger partial charge >= 0.3 is 0 Å². The van der Waals surface area contributed by atoms with E-state index >= 15 is 0 Å². The Morgan fingerprint density at radius 2 is 1.88 bits per heavy atom. The standard InChI is InChI=1S/C13H21NO3/c1-2-3-4-5-6-7-10-17-12-9-8-11(15)13(16)14-12/h8-9,15H,2-7,10H2,1H3,(H,14,16). The second kappa shape index (κ2) is 7.76. The lowest BCUT2D eigenvalue weighted by Gasteiger charge is -2.05. The van der Waals surface area contributed by atoms with Crippen LogP contribution in [0.4, 0.5) is 0 Å². The third-order valence-corrected chi connectivity index (χ3v) is 2.62. The van der Waals surface area contributed by atoms with E-state index in [0.717, 1.165) is 12.8 Å². The Hall–Kier alpha value is -1.45. The molecular weight excluding hydrogens is 218 g/mol. The number of aromatic amines is 1. The van der Waals surface area contributed by atoms with Crippen LogP contribution in [0.25, 0.3) is 0 Å². The maximum atomic E-state index is 11.1. The molecule has 0 atom stereocenters. The van der Waals surface area contributed by atoms with Crippen molar-refractivity contribution >= 4 is 0 Å². The zero-order valence-electron chi connectivity index (χ0n) is 10.4. The summed E-state index contributed by atoms with van der Waals surface area (Å²) in [6.45, 7) is 2.80. The second-order valence-electron chi connectivity index (χ2n) is 4.15. The number of aromatic hydroxyl groups is 1. The van der Waals surface area contributed by atoms with Gasteiger partial charge in [-0.1, -0.05) is 39.0 Å². The van der Waals surface area contributed by atoms with Crippen molar-refractivity contribution in [2.45, 2.75) is 45.4 Å². The molecule has 0 aliphatic carbocycles. The van der Waals surface area contributed by atoms with Gasteiger partial charge in [-0.05, 0) is 12.5 Å². The highest BCUT2D eigenvalue weighted by molar-refractivity contribution is 5.21. The molecule has 0 aliphatic heterocycles. The molecule has 0 spiro atoms. The van der Waals surface area contributed by atoms with Crippen molar-refractivity contribution in [1.29, 1.82) is 0 Å². The van der Waals surface area contributed by atoms with Crippen LogP contribution in [0.2, 0.25) is 0 Å². The van der Waals surface area contributed by atoms with E-state index in [1.165, 1.54) is 31.7 Å². The minimum atomic E-state index is -0.509. The van der Waals surface area contributed by atoms with Crippen LogP contribution in [0.3, 0.4) is 0 Å². The van der Waals surface area contributed by atoms with E-state index < -0.39 is 5.56 Å². The van der Waals surface area contributed by atoms with Gasteiger partial charge in [-0.2, -0.15) is 0 Å². The molecule has 1 heterocycles. The predicted octanol–water partition coefficient (Wildman–Crippen LogP) is 2.82. The highest BCUT2D eigenvalue weighted by Crippen LogP contribution is 2.09. The monoisotopic (exact) mass is 239 g/mol. The fourth-order valence-corrected chi connectivity index (χ4v) is 1.60. The molecule has 0 unspecified atom stereocenters. The first-order chi connectivity index (χ1) is 8.24. The number of rotatable bonds is 8. The van der Waals surface area contributed by atoms with Gasteiger partial charge in [-0.15, -0.1) is 0 Å². The normalized spacial score (nSPS) is 10.4. The minimum absolute atomic E-state index is 0.281. The molecule has 0 bridgehead atoms. The largest absolute Gasteiger partial charge is 0.503 e. The number of unbranched alkanes of at least 4 members (excludes halogenated alkanes) is 5. The first kappa shape index (κ1) is 13.6. The van der Waals surface area contributed by atoms with Crippen molar-refractivity contribution in [3.8, 4) is 11.6 Å². The highest BCUT2D eigenvalue weighted by Gasteiger charge is 1.99.